The zero-order chi connectivity index (χ0) is 28.3. The van der Waals surface area contributed by atoms with Crippen LogP contribution in [0.4, 0.5) is 5.82 Å². The third-order valence-corrected chi connectivity index (χ3v) is 8.87. The highest BCUT2D eigenvalue weighted by atomic mass is 32.2. The Labute approximate surface area is 244 Å². The number of nitrogens with zero attached hydrogens (tertiary/aromatic N) is 3. The Morgan fingerprint density at radius 1 is 1.02 bits per heavy atom. The van der Waals surface area contributed by atoms with Gasteiger partial charge in [-0.2, -0.15) is 5.10 Å². The van der Waals surface area contributed by atoms with E-state index in [4.69, 9.17) is 9.84 Å². The van der Waals surface area contributed by atoms with Crippen LogP contribution in [0.15, 0.2) is 78.9 Å². The van der Waals surface area contributed by atoms with Crippen molar-refractivity contribution in [3.8, 4) is 16.9 Å². The number of aryl methyl sites for hydroxylation is 2. The number of nitrogens with one attached hydrogen (secondary N) is 1. The van der Waals surface area contributed by atoms with Gasteiger partial charge in [-0.3, -0.25) is 14.5 Å². The molecule has 0 radical (unpaired) electrons. The molecule has 41 heavy (non-hydrogen) atoms. The molecule has 3 aromatic carbocycles. The summed E-state index contributed by atoms with van der Waals surface area (Å²) in [6, 6.07) is 26.6. The van der Waals surface area contributed by atoms with Crippen LogP contribution in [0, 0.1) is 13.8 Å². The molecular weight excluding hydrogens is 532 g/mol. The Morgan fingerprint density at radius 3 is 2.56 bits per heavy atom. The number of ether oxygens (including phenoxy) is 1. The lowest BCUT2D eigenvalue weighted by atomic mass is 9.98. The van der Waals surface area contributed by atoms with Crippen molar-refractivity contribution in [2.24, 2.45) is 0 Å². The van der Waals surface area contributed by atoms with Crippen molar-refractivity contribution in [3.63, 3.8) is 0 Å². The van der Waals surface area contributed by atoms with Crippen LogP contribution < -0.4 is 10.2 Å². The summed E-state index contributed by atoms with van der Waals surface area (Å²) in [6.07, 6.45) is 1.96. The quantitative estimate of drug-likeness (QED) is 0.314. The first-order chi connectivity index (χ1) is 20.0. The average Bonchev–Trinajstić information content (AvgIpc) is 3.62. The van der Waals surface area contributed by atoms with Gasteiger partial charge in [0.2, 0.25) is 11.8 Å². The molecule has 3 heterocycles. The topological polar surface area (TPSA) is 76.5 Å². The summed E-state index contributed by atoms with van der Waals surface area (Å²) < 4.78 is 7.53. The highest BCUT2D eigenvalue weighted by molar-refractivity contribution is 8.00. The van der Waals surface area contributed by atoms with E-state index in [-0.39, 0.29) is 35.5 Å². The van der Waals surface area contributed by atoms with Crippen molar-refractivity contribution < 1.29 is 14.3 Å². The first-order valence-electron chi connectivity index (χ1n) is 14.1. The van der Waals surface area contributed by atoms with Gasteiger partial charge in [-0.1, -0.05) is 77.9 Å². The normalized spacial score (nSPS) is 18.7. The molecule has 1 fully saturated rings. The highest BCUT2D eigenvalue weighted by Crippen LogP contribution is 2.48. The molecule has 0 saturated carbocycles. The number of hydrogen-bond acceptors (Lipinski definition) is 5. The number of rotatable bonds is 7. The molecular formula is C33H34N4O3S. The van der Waals surface area contributed by atoms with Crippen LogP contribution in [0.3, 0.4) is 0 Å². The van der Waals surface area contributed by atoms with E-state index in [0.29, 0.717) is 12.4 Å². The van der Waals surface area contributed by atoms with Gasteiger partial charge in [0.1, 0.15) is 12.4 Å². The molecule has 7 nitrogen and oxygen atoms in total. The number of benzene rings is 3. The van der Waals surface area contributed by atoms with Crippen LogP contribution in [0.5, 0.6) is 0 Å². The van der Waals surface area contributed by atoms with E-state index in [2.05, 4.69) is 36.5 Å². The van der Waals surface area contributed by atoms with Crippen LogP contribution in [0.1, 0.15) is 40.3 Å². The molecule has 2 amide bonds. The number of carbonyl (C=O) groups is 2. The molecule has 2 aliphatic heterocycles. The zero-order valence-corrected chi connectivity index (χ0v) is 24.2. The maximum absolute atomic E-state index is 13.9. The second-order valence-corrected chi connectivity index (χ2v) is 11.8. The number of anilines is 1. The van der Waals surface area contributed by atoms with Crippen molar-refractivity contribution >= 4 is 29.4 Å². The van der Waals surface area contributed by atoms with Gasteiger partial charge in [-0.25, -0.2) is 4.68 Å². The maximum Gasteiger partial charge on any atom is 0.240 e. The molecule has 0 bridgehead atoms. The summed E-state index contributed by atoms with van der Waals surface area (Å²) in [5, 5.41) is 8.02. The number of hydrogen-bond donors (Lipinski definition) is 1. The van der Waals surface area contributed by atoms with Crippen LogP contribution >= 0.6 is 11.8 Å². The van der Waals surface area contributed by atoms with Crippen molar-refractivity contribution in [2.45, 2.75) is 38.0 Å². The first kappa shape index (κ1) is 27.3. The van der Waals surface area contributed by atoms with E-state index in [0.717, 1.165) is 58.6 Å². The van der Waals surface area contributed by atoms with Crippen molar-refractivity contribution in [3.05, 3.63) is 101 Å². The SMILES string of the molecule is Cc1ccc(-n2nc(-c3ccccc3)c3c2N(CC(=O)NCC2CCCO2)C(=O)CSC3c2cccc(C)c2)cc1. The third-order valence-electron chi connectivity index (χ3n) is 7.61. The van der Waals surface area contributed by atoms with E-state index in [1.54, 1.807) is 16.7 Å². The average molecular weight is 567 g/mol. The van der Waals surface area contributed by atoms with Gasteiger partial charge >= 0.3 is 0 Å². The fraction of sp³-hybridized carbons (Fsp3) is 0.303. The minimum absolute atomic E-state index is 0.0263. The Bertz CT molecular complexity index is 1540. The monoisotopic (exact) mass is 566 g/mol. The summed E-state index contributed by atoms with van der Waals surface area (Å²) in [4.78, 5) is 28.8. The summed E-state index contributed by atoms with van der Waals surface area (Å²) in [5.41, 5.74) is 6.92. The van der Waals surface area contributed by atoms with Crippen molar-refractivity contribution in [1.82, 2.24) is 15.1 Å². The predicted molar refractivity (Wildman–Crippen MR) is 164 cm³/mol. The smallest absolute Gasteiger partial charge is 0.240 e. The Balaban J connectivity index is 1.51. The molecule has 1 aromatic heterocycles. The maximum atomic E-state index is 13.9. The van der Waals surface area contributed by atoms with Gasteiger partial charge in [0.15, 0.2) is 0 Å². The van der Waals surface area contributed by atoms with Crippen molar-refractivity contribution in [1.29, 1.82) is 0 Å². The predicted octanol–water partition coefficient (Wildman–Crippen LogP) is 5.62. The number of fused-ring (bicyclic) bond motifs is 1. The van der Waals surface area contributed by atoms with Crippen LogP contribution in [0.2, 0.25) is 0 Å². The van der Waals surface area contributed by atoms with Crippen molar-refractivity contribution in [2.75, 3.05) is 30.3 Å². The summed E-state index contributed by atoms with van der Waals surface area (Å²) in [7, 11) is 0. The number of thioether (sulfide) groups is 1. The van der Waals surface area contributed by atoms with Gasteiger partial charge in [-0.15, -0.1) is 11.8 Å². The third kappa shape index (κ3) is 5.80. The molecule has 2 aliphatic rings. The molecule has 4 aromatic rings. The molecule has 2 unspecified atom stereocenters. The lowest BCUT2D eigenvalue weighted by Crippen LogP contribution is -2.44. The number of amides is 2. The lowest BCUT2D eigenvalue weighted by Gasteiger charge is -2.23. The lowest BCUT2D eigenvalue weighted by molar-refractivity contribution is -0.123. The zero-order valence-electron chi connectivity index (χ0n) is 23.4. The van der Waals surface area contributed by atoms with Crippen LogP contribution in [-0.4, -0.2) is 53.1 Å². The Hall–Kier alpha value is -3.88. The molecule has 0 aliphatic carbocycles. The van der Waals surface area contributed by atoms with Gasteiger partial charge in [0, 0.05) is 24.3 Å². The van der Waals surface area contributed by atoms with E-state index in [1.165, 1.54) is 0 Å². The second-order valence-electron chi connectivity index (χ2n) is 10.7. The fourth-order valence-corrected chi connectivity index (χ4v) is 6.71. The van der Waals surface area contributed by atoms with E-state index in [9.17, 15) is 9.59 Å². The highest BCUT2D eigenvalue weighted by Gasteiger charge is 2.37. The van der Waals surface area contributed by atoms with E-state index in [1.807, 2.05) is 66.2 Å². The summed E-state index contributed by atoms with van der Waals surface area (Å²) in [6.45, 7) is 5.20. The van der Waals surface area contributed by atoms with E-state index >= 15 is 0 Å². The van der Waals surface area contributed by atoms with Gasteiger partial charge in [-0.05, 0) is 44.4 Å². The van der Waals surface area contributed by atoms with Crippen LogP contribution in [-0.2, 0) is 14.3 Å². The molecule has 0 spiro atoms. The molecule has 1 saturated heterocycles. The van der Waals surface area contributed by atoms with Crippen LogP contribution in [0.25, 0.3) is 16.9 Å². The minimum atomic E-state index is -0.211. The summed E-state index contributed by atoms with van der Waals surface area (Å²) in [5.74, 6) is 0.554. The molecule has 1 N–H and O–H groups in total. The fourth-order valence-electron chi connectivity index (χ4n) is 5.52. The molecule has 8 heteroatoms. The van der Waals surface area contributed by atoms with Gasteiger partial charge in [0.25, 0.3) is 0 Å². The number of aromatic nitrogens is 2. The minimum Gasteiger partial charge on any atom is -0.376 e. The van der Waals surface area contributed by atoms with E-state index < -0.39 is 0 Å². The standard InChI is InChI=1S/C33H34N4O3S/c1-22-13-15-26(16-14-22)37-33-30(31(35-37)24-9-4-3-5-10-24)32(25-11-6-8-23(2)18-25)41-21-29(39)36(33)20-28(38)34-19-27-12-7-17-40-27/h3-6,8-11,13-16,18,27,32H,7,12,17,19-21H2,1-2H3,(H,34,38). The Morgan fingerprint density at radius 2 is 1.83 bits per heavy atom. The molecule has 2 atom stereocenters. The van der Waals surface area contributed by atoms with Gasteiger partial charge in [0.05, 0.1) is 28.5 Å². The largest absolute Gasteiger partial charge is 0.376 e. The first-order valence-corrected chi connectivity index (χ1v) is 15.1. The number of carbonyl (C=O) groups excluding carboxylic acids is 2. The molecule has 6 rings (SSSR count). The molecule has 210 valence electrons. The Kier molecular flexibility index (Phi) is 7.94. The summed E-state index contributed by atoms with van der Waals surface area (Å²) >= 11 is 1.58. The van der Waals surface area contributed by atoms with Gasteiger partial charge < -0.3 is 10.1 Å². The second kappa shape index (κ2) is 11.9.